The van der Waals surface area contributed by atoms with Gasteiger partial charge in [0, 0.05) is 24.7 Å². The predicted octanol–water partition coefficient (Wildman–Crippen LogP) is -0.369. The van der Waals surface area contributed by atoms with Crippen molar-refractivity contribution in [1.82, 2.24) is 21.3 Å². The number of carbonyl (C=O) groups excluding carboxylic acids is 3. The molecule has 0 saturated heterocycles. The van der Waals surface area contributed by atoms with Gasteiger partial charge in [0.1, 0.15) is 6.04 Å². The molecule has 1 aromatic rings. The van der Waals surface area contributed by atoms with E-state index in [-0.39, 0.29) is 18.5 Å². The molecule has 3 atom stereocenters. The van der Waals surface area contributed by atoms with Crippen molar-refractivity contribution < 1.29 is 19.5 Å². The molecule has 0 unspecified atom stereocenters. The molecule has 2 bridgehead atoms. The number of hydrogen-bond donors (Lipinski definition) is 5. The standard InChI is InChI=1S/C20H30N4O4/c1-12-6-7-16-9-15(12)5-4-8-22-17(26)11-21-10-13(2)23-20(28)18(14(3)25)24-19(16)27/h6-7,9,13-14,18,21,25H,4-5,8,10-11H2,1-3H3,(H,22,26)(H,23,28)(H,24,27)/t13-,14-,18+/m1/s1. The molecule has 0 spiro atoms. The first-order valence-corrected chi connectivity index (χ1v) is 9.64. The molecule has 28 heavy (non-hydrogen) atoms. The van der Waals surface area contributed by atoms with Crippen molar-refractivity contribution in [1.29, 1.82) is 0 Å². The van der Waals surface area contributed by atoms with E-state index in [2.05, 4.69) is 21.3 Å². The summed E-state index contributed by atoms with van der Waals surface area (Å²) in [6, 6.07) is 4.01. The largest absolute Gasteiger partial charge is 0.391 e. The summed E-state index contributed by atoms with van der Waals surface area (Å²) >= 11 is 0. The maximum atomic E-state index is 12.7. The summed E-state index contributed by atoms with van der Waals surface area (Å²) in [5.41, 5.74) is 2.50. The van der Waals surface area contributed by atoms with E-state index in [0.717, 1.165) is 24.0 Å². The Morgan fingerprint density at radius 3 is 2.64 bits per heavy atom. The van der Waals surface area contributed by atoms with Crippen LogP contribution in [-0.4, -0.2) is 60.6 Å². The minimum Gasteiger partial charge on any atom is -0.391 e. The lowest BCUT2D eigenvalue weighted by atomic mass is 10.00. The Morgan fingerprint density at radius 1 is 1.18 bits per heavy atom. The third-order valence-corrected chi connectivity index (χ3v) is 4.73. The molecule has 1 aliphatic rings. The number of fused-ring (bicyclic) bond motifs is 2. The van der Waals surface area contributed by atoms with Gasteiger partial charge in [0.25, 0.3) is 5.91 Å². The number of aryl methyl sites for hydroxylation is 2. The Bertz CT molecular complexity index is 720. The van der Waals surface area contributed by atoms with Crippen molar-refractivity contribution in [3.05, 3.63) is 34.9 Å². The molecule has 3 amide bonds. The fourth-order valence-corrected chi connectivity index (χ4v) is 3.07. The molecular formula is C20H30N4O4. The Kier molecular flexibility index (Phi) is 7.95. The second-order valence-corrected chi connectivity index (χ2v) is 7.33. The molecule has 0 aromatic heterocycles. The Hall–Kier alpha value is -2.45. The van der Waals surface area contributed by atoms with E-state index in [4.69, 9.17) is 0 Å². The molecule has 154 valence electrons. The average Bonchev–Trinajstić information content (AvgIpc) is 2.63. The highest BCUT2D eigenvalue weighted by molar-refractivity contribution is 5.98. The first kappa shape index (κ1) is 21.8. The van der Waals surface area contributed by atoms with Crippen LogP contribution in [-0.2, 0) is 16.0 Å². The number of carbonyl (C=O) groups is 3. The second kappa shape index (κ2) is 10.2. The number of aliphatic hydroxyl groups is 1. The third kappa shape index (κ3) is 6.31. The number of nitrogens with one attached hydrogen (secondary N) is 4. The summed E-state index contributed by atoms with van der Waals surface area (Å²) in [6.07, 6.45) is 0.421. The van der Waals surface area contributed by atoms with Crippen LogP contribution in [0.4, 0.5) is 0 Å². The van der Waals surface area contributed by atoms with Crippen LogP contribution >= 0.6 is 0 Å². The monoisotopic (exact) mass is 390 g/mol. The average molecular weight is 390 g/mol. The fourth-order valence-electron chi connectivity index (χ4n) is 3.07. The van der Waals surface area contributed by atoms with Gasteiger partial charge in [-0.1, -0.05) is 6.07 Å². The normalized spacial score (nSPS) is 23.8. The third-order valence-electron chi connectivity index (χ3n) is 4.73. The quantitative estimate of drug-likeness (QED) is 0.448. The van der Waals surface area contributed by atoms with Gasteiger partial charge in [0.2, 0.25) is 11.8 Å². The maximum absolute atomic E-state index is 12.7. The van der Waals surface area contributed by atoms with Crippen molar-refractivity contribution in [3.8, 4) is 0 Å². The number of hydrogen-bond acceptors (Lipinski definition) is 5. The summed E-state index contributed by atoms with van der Waals surface area (Å²) in [5.74, 6) is -0.989. The van der Waals surface area contributed by atoms with Crippen molar-refractivity contribution in [2.24, 2.45) is 0 Å². The zero-order valence-corrected chi connectivity index (χ0v) is 16.7. The van der Waals surface area contributed by atoms with Gasteiger partial charge in [-0.3, -0.25) is 14.4 Å². The molecule has 8 nitrogen and oxygen atoms in total. The van der Waals surface area contributed by atoms with Crippen LogP contribution in [0.3, 0.4) is 0 Å². The van der Waals surface area contributed by atoms with Gasteiger partial charge in [-0.05, 0) is 56.9 Å². The van der Waals surface area contributed by atoms with Gasteiger partial charge in [0.05, 0.1) is 12.6 Å². The number of amides is 3. The van der Waals surface area contributed by atoms with Crippen LogP contribution in [0.1, 0.15) is 41.8 Å². The highest BCUT2D eigenvalue weighted by atomic mass is 16.3. The highest BCUT2D eigenvalue weighted by Gasteiger charge is 2.27. The van der Waals surface area contributed by atoms with E-state index < -0.39 is 24.0 Å². The van der Waals surface area contributed by atoms with Crippen LogP contribution in [0.2, 0.25) is 0 Å². The van der Waals surface area contributed by atoms with Gasteiger partial charge in [0.15, 0.2) is 0 Å². The van der Waals surface area contributed by atoms with Crippen LogP contribution in [0.25, 0.3) is 0 Å². The number of aliphatic hydroxyl groups excluding tert-OH is 1. The first-order valence-electron chi connectivity index (χ1n) is 9.64. The van der Waals surface area contributed by atoms with Crippen molar-refractivity contribution in [3.63, 3.8) is 0 Å². The molecule has 5 N–H and O–H groups in total. The molecular weight excluding hydrogens is 360 g/mol. The summed E-state index contributed by atoms with van der Waals surface area (Å²) in [5, 5.41) is 21.2. The highest BCUT2D eigenvalue weighted by Crippen LogP contribution is 2.14. The molecule has 8 heteroatoms. The molecule has 0 fully saturated rings. The van der Waals surface area contributed by atoms with Gasteiger partial charge in [-0.25, -0.2) is 0 Å². The molecule has 1 aromatic carbocycles. The lowest BCUT2D eigenvalue weighted by Crippen LogP contribution is -2.55. The van der Waals surface area contributed by atoms with Crippen LogP contribution < -0.4 is 21.3 Å². The molecule has 0 saturated carbocycles. The minimum atomic E-state index is -1.07. The fraction of sp³-hybridized carbons (Fsp3) is 0.550. The summed E-state index contributed by atoms with van der Waals surface area (Å²) in [4.78, 5) is 37.0. The summed E-state index contributed by atoms with van der Waals surface area (Å²) in [6.45, 7) is 6.30. The van der Waals surface area contributed by atoms with E-state index in [9.17, 15) is 19.5 Å². The molecule has 2 rings (SSSR count). The van der Waals surface area contributed by atoms with E-state index in [1.807, 2.05) is 13.0 Å². The topological polar surface area (TPSA) is 120 Å². The van der Waals surface area contributed by atoms with E-state index in [0.29, 0.717) is 18.7 Å². The van der Waals surface area contributed by atoms with Crippen LogP contribution in [0, 0.1) is 6.92 Å². The van der Waals surface area contributed by atoms with Crippen LogP contribution in [0.5, 0.6) is 0 Å². The number of benzene rings is 1. The zero-order chi connectivity index (χ0) is 20.7. The molecule has 1 aliphatic heterocycles. The van der Waals surface area contributed by atoms with Crippen molar-refractivity contribution >= 4 is 17.7 Å². The van der Waals surface area contributed by atoms with Crippen molar-refractivity contribution in [2.45, 2.75) is 51.8 Å². The van der Waals surface area contributed by atoms with Gasteiger partial charge >= 0.3 is 0 Å². The molecule has 1 heterocycles. The summed E-state index contributed by atoms with van der Waals surface area (Å²) < 4.78 is 0. The lowest BCUT2D eigenvalue weighted by molar-refractivity contribution is -0.125. The van der Waals surface area contributed by atoms with Gasteiger partial charge in [-0.2, -0.15) is 0 Å². The van der Waals surface area contributed by atoms with Gasteiger partial charge in [-0.15, -0.1) is 0 Å². The smallest absolute Gasteiger partial charge is 0.252 e. The first-order chi connectivity index (χ1) is 13.3. The van der Waals surface area contributed by atoms with Gasteiger partial charge < -0.3 is 26.4 Å². The lowest BCUT2D eigenvalue weighted by Gasteiger charge is -2.23. The second-order valence-electron chi connectivity index (χ2n) is 7.33. The van der Waals surface area contributed by atoms with Crippen molar-refractivity contribution in [2.75, 3.05) is 19.6 Å². The van der Waals surface area contributed by atoms with Crippen LogP contribution in [0.15, 0.2) is 18.2 Å². The van der Waals surface area contributed by atoms with E-state index >= 15 is 0 Å². The van der Waals surface area contributed by atoms with E-state index in [1.54, 1.807) is 19.1 Å². The van der Waals surface area contributed by atoms with E-state index in [1.165, 1.54) is 6.92 Å². The molecule has 0 radical (unpaired) electrons. The maximum Gasteiger partial charge on any atom is 0.252 e. The minimum absolute atomic E-state index is 0.105. The number of rotatable bonds is 1. The Balaban J connectivity index is 2.24. The SMILES string of the molecule is Cc1ccc2cc1CCCNC(=O)CNC[C@@H](C)NC(=O)[C@H]([C@@H](C)O)NC2=O. The Labute approximate surface area is 165 Å². The Morgan fingerprint density at radius 2 is 1.93 bits per heavy atom. The summed E-state index contributed by atoms with van der Waals surface area (Å²) in [7, 11) is 0. The molecule has 0 aliphatic carbocycles. The predicted molar refractivity (Wildman–Crippen MR) is 106 cm³/mol. The zero-order valence-electron chi connectivity index (χ0n) is 16.7.